The Morgan fingerprint density at radius 2 is 1.61 bits per heavy atom. The van der Waals surface area contributed by atoms with Crippen molar-refractivity contribution in [3.8, 4) is 0 Å². The minimum atomic E-state index is -2.40. The van der Waals surface area contributed by atoms with Crippen molar-refractivity contribution in [3.05, 3.63) is 47.6 Å². The van der Waals surface area contributed by atoms with Crippen molar-refractivity contribution in [2.75, 3.05) is 34.5 Å². The number of aliphatic hydroxyl groups excluding tert-OH is 2. The number of carboxylic acids is 1. The lowest BCUT2D eigenvalue weighted by Crippen LogP contribution is -2.61. The van der Waals surface area contributed by atoms with Gasteiger partial charge in [-0.2, -0.15) is 0 Å². The predicted molar refractivity (Wildman–Crippen MR) is 261 cm³/mol. The Morgan fingerprint density at radius 3 is 2.29 bits per heavy atom. The second-order valence-electron chi connectivity index (χ2n) is 20.5. The summed E-state index contributed by atoms with van der Waals surface area (Å²) in [5.74, 6) is -7.25. The molecule has 2 bridgehead atoms. The number of fused-ring (bicyclic) bond motifs is 3. The maximum Gasteiger partial charge on any atom is 0.344 e. The van der Waals surface area contributed by atoms with Crippen LogP contribution >= 0.6 is 0 Å². The highest BCUT2D eigenvalue weighted by Gasteiger charge is 2.53. The molecule has 4 aliphatic rings. The number of hydrogen-bond donors (Lipinski definition) is 4. The highest BCUT2D eigenvalue weighted by atomic mass is 16.6. The summed E-state index contributed by atoms with van der Waals surface area (Å²) >= 11 is 0. The van der Waals surface area contributed by atoms with Crippen molar-refractivity contribution in [2.24, 2.45) is 40.7 Å². The minimum Gasteiger partial charge on any atom is -0.479 e. The lowest BCUT2D eigenvalue weighted by atomic mass is 9.78. The van der Waals surface area contributed by atoms with Crippen molar-refractivity contribution in [2.45, 2.75) is 186 Å². The molecule has 390 valence electrons. The Balaban J connectivity index is 1.72. The molecule has 1 amide bonds. The third kappa shape index (κ3) is 16.4. The third-order valence-electron chi connectivity index (χ3n) is 14.9. The molecule has 3 aliphatic heterocycles. The Kier molecular flexibility index (Phi) is 23.2. The molecule has 3 fully saturated rings. The third-order valence-corrected chi connectivity index (χ3v) is 14.9. The Hall–Kier alpha value is -3.77. The first-order valence-electron chi connectivity index (χ1n) is 25.3. The molecule has 0 radical (unpaired) electrons. The molecule has 3 heterocycles. The number of allylic oxidation sites excluding steroid dienone is 6. The van der Waals surface area contributed by atoms with Crippen LogP contribution in [0.2, 0.25) is 0 Å². The monoisotopic (exact) mass is 973 g/mol. The van der Waals surface area contributed by atoms with Gasteiger partial charge in [-0.05, 0) is 126 Å². The van der Waals surface area contributed by atoms with Crippen LogP contribution in [-0.4, -0.2) is 144 Å². The van der Waals surface area contributed by atoms with Crippen molar-refractivity contribution >= 4 is 29.3 Å². The number of aliphatic carboxylic acids is 1. The van der Waals surface area contributed by atoms with Gasteiger partial charge in [-0.25, -0.2) is 9.59 Å². The van der Waals surface area contributed by atoms with Gasteiger partial charge in [0.15, 0.2) is 0 Å². The predicted octanol–water partition coefficient (Wildman–Crippen LogP) is 6.89. The number of carbonyl (C=O) groups is 4. The molecular formula is C53H84N2O14. The maximum atomic E-state index is 14.5. The summed E-state index contributed by atoms with van der Waals surface area (Å²) < 4.78 is 30.0. The Labute approximate surface area is 410 Å². The number of nitrogens with zero attached hydrogens (tertiary/aromatic N) is 2. The smallest absolute Gasteiger partial charge is 0.344 e. The van der Waals surface area contributed by atoms with Crippen LogP contribution < -0.4 is 0 Å². The van der Waals surface area contributed by atoms with Gasteiger partial charge < -0.3 is 53.8 Å². The number of rotatable bonds is 9. The quantitative estimate of drug-likeness (QED) is 0.0801. The van der Waals surface area contributed by atoms with Gasteiger partial charge in [0.1, 0.15) is 24.4 Å². The normalized spacial score (nSPS) is 38.0. The zero-order valence-electron chi connectivity index (χ0n) is 42.9. The molecule has 0 aromatic carbocycles. The van der Waals surface area contributed by atoms with E-state index in [1.54, 1.807) is 28.1 Å². The fraction of sp³-hybridized carbons (Fsp3) is 0.755. The SMILES string of the molecule is CO[C@H]1C[C@@H]2CC[C@@H](C)[C@@](O)(O2)C(=O)C(=O)N2CCCC[C@H]2C(=O)O[C@H]([C@H](C)C[C@@H]2CC[C@@H](O)[C@H](OC)C2)CC[C@H](C)/C=C(\C)[C@@H](O)[C@@H](OC)/C(=N\OCC(=O)O)[C@H](C)C[C@H](C)/C=C/C=CC=C1C. The van der Waals surface area contributed by atoms with E-state index in [0.717, 1.165) is 12.0 Å². The van der Waals surface area contributed by atoms with E-state index < -0.39 is 84.6 Å². The Morgan fingerprint density at radius 1 is 0.870 bits per heavy atom. The topological polar surface area (TPSA) is 220 Å². The number of amides is 1. The molecule has 1 saturated carbocycles. The van der Waals surface area contributed by atoms with Crippen LogP contribution in [0.1, 0.15) is 132 Å². The standard InChI is InChI=1S/C53H84N2O14/c1-32-16-12-11-13-17-34(3)44(64-8)30-40-22-20-38(7)53(63,69-40)50(60)51(61)55-25-15-14-18-41(55)52(62)68-43(35(4)28-39-21-23-42(56)45(29-39)65-9)24-19-33(2)27-37(6)48(59)49(66-10)47(36(5)26-32)54-67-31-46(57)58/h11-13,16-17,27,32-33,35-36,38-45,48-49,56,59,63H,14-15,18-26,28-31H2,1-10H3,(H,57,58)/b13-11?,16-12+,34-17?,37-27+,54-47-/t32-,33+,35-,36-,38-,39+,40+,41+,42-,43+,44+,45-,48-,49+,53-/m1/s1. The average Bonchev–Trinajstić information content (AvgIpc) is 3.32. The number of Topliss-reactive ketones (excluding diaryl/α,β-unsaturated/α-hetero) is 1. The van der Waals surface area contributed by atoms with E-state index in [4.69, 9.17) is 28.5 Å². The number of aliphatic hydroxyl groups is 3. The summed E-state index contributed by atoms with van der Waals surface area (Å²) in [6, 6.07) is -1.04. The van der Waals surface area contributed by atoms with Crippen LogP contribution in [0.25, 0.3) is 0 Å². The number of ketones is 1. The summed E-state index contributed by atoms with van der Waals surface area (Å²) in [6.07, 6.45) is 14.2. The first kappa shape index (κ1) is 57.8. The number of cyclic esters (lactones) is 1. The van der Waals surface area contributed by atoms with Crippen LogP contribution in [0, 0.1) is 35.5 Å². The van der Waals surface area contributed by atoms with E-state index in [2.05, 4.69) is 5.16 Å². The second-order valence-corrected chi connectivity index (χ2v) is 20.5. The molecule has 4 rings (SSSR count). The number of carbonyl (C=O) groups excluding carboxylic acids is 3. The van der Waals surface area contributed by atoms with E-state index in [1.165, 1.54) is 12.0 Å². The summed E-state index contributed by atoms with van der Waals surface area (Å²) in [5, 5.41) is 47.9. The zero-order valence-corrected chi connectivity index (χ0v) is 42.9. The molecule has 0 unspecified atom stereocenters. The van der Waals surface area contributed by atoms with Gasteiger partial charge in [-0.15, -0.1) is 0 Å². The van der Waals surface area contributed by atoms with E-state index in [-0.39, 0.29) is 42.2 Å². The average molecular weight is 973 g/mol. The number of hydrogen-bond acceptors (Lipinski definition) is 14. The van der Waals surface area contributed by atoms with E-state index in [0.29, 0.717) is 88.3 Å². The summed E-state index contributed by atoms with van der Waals surface area (Å²) in [6.45, 7) is 12.9. The van der Waals surface area contributed by atoms with Gasteiger partial charge in [0, 0.05) is 46.1 Å². The van der Waals surface area contributed by atoms with Crippen molar-refractivity contribution < 1.29 is 68.1 Å². The molecule has 0 spiro atoms. The van der Waals surface area contributed by atoms with Crippen molar-refractivity contribution in [1.29, 1.82) is 0 Å². The first-order valence-corrected chi connectivity index (χ1v) is 25.3. The van der Waals surface area contributed by atoms with Crippen LogP contribution in [0.5, 0.6) is 0 Å². The van der Waals surface area contributed by atoms with Crippen LogP contribution in [0.15, 0.2) is 52.8 Å². The van der Waals surface area contributed by atoms with Gasteiger partial charge in [-0.1, -0.05) is 76.2 Å². The molecular weight excluding hydrogens is 889 g/mol. The molecule has 15 atom stereocenters. The zero-order chi connectivity index (χ0) is 51.0. The molecule has 16 heteroatoms. The lowest BCUT2D eigenvalue weighted by molar-refractivity contribution is -0.265. The maximum absolute atomic E-state index is 14.5. The van der Waals surface area contributed by atoms with E-state index in [1.807, 2.05) is 71.1 Å². The minimum absolute atomic E-state index is 0.0314. The summed E-state index contributed by atoms with van der Waals surface area (Å²) in [4.78, 5) is 60.9. The number of carboxylic acid groups (broad SMARTS) is 1. The number of ether oxygens (including phenoxy) is 5. The highest BCUT2D eigenvalue weighted by Crippen LogP contribution is 2.38. The number of esters is 1. The molecule has 2 saturated heterocycles. The highest BCUT2D eigenvalue weighted by molar-refractivity contribution is 6.39. The summed E-state index contributed by atoms with van der Waals surface area (Å²) in [5.41, 5.74) is 1.85. The van der Waals surface area contributed by atoms with Crippen molar-refractivity contribution in [3.63, 3.8) is 0 Å². The van der Waals surface area contributed by atoms with Crippen LogP contribution in [0.3, 0.4) is 0 Å². The molecule has 0 aromatic rings. The first-order chi connectivity index (χ1) is 32.7. The van der Waals surface area contributed by atoms with Crippen LogP contribution in [-0.2, 0) is 47.7 Å². The van der Waals surface area contributed by atoms with Gasteiger partial charge in [0.05, 0.1) is 30.1 Å². The molecule has 16 nitrogen and oxygen atoms in total. The molecule has 1 aliphatic carbocycles. The number of methoxy groups -OCH3 is 3. The van der Waals surface area contributed by atoms with Gasteiger partial charge >= 0.3 is 11.9 Å². The van der Waals surface area contributed by atoms with E-state index in [9.17, 15) is 39.6 Å². The molecule has 69 heavy (non-hydrogen) atoms. The largest absolute Gasteiger partial charge is 0.479 e. The second kappa shape index (κ2) is 27.7. The van der Waals surface area contributed by atoms with Crippen LogP contribution in [0.4, 0.5) is 0 Å². The van der Waals surface area contributed by atoms with Gasteiger partial charge in [0.25, 0.3) is 11.7 Å². The summed E-state index contributed by atoms with van der Waals surface area (Å²) in [7, 11) is 4.65. The van der Waals surface area contributed by atoms with Gasteiger partial charge in [-0.3, -0.25) is 9.59 Å². The molecule has 0 aromatic heterocycles. The number of oxime groups is 1. The van der Waals surface area contributed by atoms with Gasteiger partial charge in [0.2, 0.25) is 12.4 Å². The molecule has 4 N–H and O–H groups in total. The fourth-order valence-corrected chi connectivity index (χ4v) is 10.6. The van der Waals surface area contributed by atoms with E-state index >= 15 is 0 Å². The number of piperidine rings is 1. The Bertz CT molecular complexity index is 1850. The fourth-order valence-electron chi connectivity index (χ4n) is 10.6. The van der Waals surface area contributed by atoms with Crippen molar-refractivity contribution in [1.82, 2.24) is 4.90 Å². The lowest BCUT2D eigenvalue weighted by Gasteiger charge is -2.42.